The molecule has 0 radical (unpaired) electrons. The average molecular weight is 267 g/mol. The first-order valence-corrected chi connectivity index (χ1v) is 5.71. The van der Waals surface area contributed by atoms with Gasteiger partial charge < -0.3 is 0 Å². The first kappa shape index (κ1) is 14.9. The van der Waals surface area contributed by atoms with Crippen molar-refractivity contribution >= 4 is 11.6 Å². The molecule has 0 saturated heterocycles. The van der Waals surface area contributed by atoms with Gasteiger partial charge in [-0.25, -0.2) is 4.39 Å². The largest absolute Gasteiger partial charge is 0.299 e. The Morgan fingerprint density at radius 2 is 1.68 bits per heavy atom. The molecule has 0 bridgehead atoms. The molecule has 1 aromatic rings. The molecule has 19 heavy (non-hydrogen) atoms. The average Bonchev–Trinajstić information content (AvgIpc) is 2.27. The van der Waals surface area contributed by atoms with Crippen LogP contribution in [0.25, 0.3) is 0 Å². The number of nitrogens with zero attached hydrogens (tertiary/aromatic N) is 1. The smallest absolute Gasteiger partial charge is 0.211 e. The van der Waals surface area contributed by atoms with Crippen molar-refractivity contribution in [1.82, 2.24) is 0 Å². The summed E-state index contributed by atoms with van der Waals surface area (Å²) in [7, 11) is 0. The molecule has 6 heteroatoms. The second kappa shape index (κ2) is 6.17. The minimum atomic E-state index is -1.07. The fourth-order valence-electron chi connectivity index (χ4n) is 2.13. The fourth-order valence-corrected chi connectivity index (χ4v) is 2.13. The lowest BCUT2D eigenvalue weighted by Crippen LogP contribution is -2.31. The van der Waals surface area contributed by atoms with Gasteiger partial charge in [-0.3, -0.25) is 19.7 Å². The summed E-state index contributed by atoms with van der Waals surface area (Å²) in [6.45, 7) is 1.90. The SMILES string of the molecule is CC(=O)C(C(C)=O)C(C[N+](=O)[O-])c1ccc(F)cc1. The Bertz CT molecular complexity index is 484. The zero-order valence-electron chi connectivity index (χ0n) is 10.6. The number of hydrogen-bond acceptors (Lipinski definition) is 4. The molecule has 0 aromatic heterocycles. The van der Waals surface area contributed by atoms with Gasteiger partial charge in [0.05, 0.1) is 11.8 Å². The van der Waals surface area contributed by atoms with Gasteiger partial charge in [-0.2, -0.15) is 0 Å². The molecule has 1 unspecified atom stereocenters. The maximum absolute atomic E-state index is 12.9. The lowest BCUT2D eigenvalue weighted by atomic mass is 9.81. The summed E-state index contributed by atoms with van der Waals surface area (Å²) >= 11 is 0. The number of benzene rings is 1. The van der Waals surface area contributed by atoms with E-state index in [2.05, 4.69) is 0 Å². The number of carbonyl (C=O) groups is 2. The van der Waals surface area contributed by atoms with Crippen molar-refractivity contribution in [2.24, 2.45) is 5.92 Å². The molecule has 0 amide bonds. The maximum atomic E-state index is 12.9. The normalized spacial score (nSPS) is 12.2. The molecule has 1 aromatic carbocycles. The molecule has 1 rings (SSSR count). The Hall–Kier alpha value is -2.11. The van der Waals surface area contributed by atoms with Crippen LogP contribution < -0.4 is 0 Å². The Balaban J connectivity index is 3.19. The zero-order chi connectivity index (χ0) is 14.6. The van der Waals surface area contributed by atoms with Crippen LogP contribution in [0.15, 0.2) is 24.3 Å². The van der Waals surface area contributed by atoms with Gasteiger partial charge in [0.15, 0.2) is 0 Å². The van der Waals surface area contributed by atoms with Crippen molar-refractivity contribution in [1.29, 1.82) is 0 Å². The molecule has 0 aliphatic carbocycles. The van der Waals surface area contributed by atoms with Crippen molar-refractivity contribution in [2.45, 2.75) is 19.8 Å². The van der Waals surface area contributed by atoms with E-state index in [4.69, 9.17) is 0 Å². The standard InChI is InChI=1S/C13H14FNO4/c1-8(16)13(9(2)17)12(7-15(18)19)10-3-5-11(14)6-4-10/h3-6,12-13H,7H2,1-2H3. The third kappa shape index (κ3) is 3.94. The van der Waals surface area contributed by atoms with Crippen molar-refractivity contribution in [3.05, 3.63) is 45.8 Å². The molecule has 0 heterocycles. The Kier molecular flexibility index (Phi) is 4.86. The van der Waals surface area contributed by atoms with Gasteiger partial charge in [-0.05, 0) is 31.5 Å². The molecule has 0 N–H and O–H groups in total. The van der Waals surface area contributed by atoms with Gasteiger partial charge in [-0.1, -0.05) is 12.1 Å². The number of rotatable bonds is 6. The van der Waals surface area contributed by atoms with Crippen LogP contribution >= 0.6 is 0 Å². The number of carbonyl (C=O) groups excluding carboxylic acids is 2. The number of hydrogen-bond donors (Lipinski definition) is 0. The van der Waals surface area contributed by atoms with Crippen molar-refractivity contribution in [2.75, 3.05) is 6.54 Å². The van der Waals surface area contributed by atoms with E-state index in [0.717, 1.165) is 12.1 Å². The minimum absolute atomic E-state index is 0.411. The summed E-state index contributed by atoms with van der Waals surface area (Å²) in [5, 5.41) is 10.7. The Morgan fingerprint density at radius 1 is 1.21 bits per heavy atom. The van der Waals surface area contributed by atoms with Crippen LogP contribution in [0.1, 0.15) is 25.3 Å². The molecule has 0 spiro atoms. The third-order valence-corrected chi connectivity index (χ3v) is 2.92. The lowest BCUT2D eigenvalue weighted by Gasteiger charge is -2.20. The molecule has 0 aliphatic rings. The van der Waals surface area contributed by atoms with Crippen LogP contribution in [-0.2, 0) is 9.59 Å². The first-order valence-electron chi connectivity index (χ1n) is 5.71. The van der Waals surface area contributed by atoms with Gasteiger partial charge in [0.2, 0.25) is 6.54 Å². The van der Waals surface area contributed by atoms with Crippen molar-refractivity contribution in [3.63, 3.8) is 0 Å². The van der Waals surface area contributed by atoms with Crippen LogP contribution in [0.4, 0.5) is 4.39 Å². The summed E-state index contributed by atoms with van der Waals surface area (Å²) in [5.41, 5.74) is 0.411. The highest BCUT2D eigenvalue weighted by atomic mass is 19.1. The van der Waals surface area contributed by atoms with E-state index in [9.17, 15) is 24.1 Å². The third-order valence-electron chi connectivity index (χ3n) is 2.92. The summed E-state index contributed by atoms with van der Waals surface area (Å²) < 4.78 is 12.9. The van der Waals surface area contributed by atoms with Crippen LogP contribution in [0.5, 0.6) is 0 Å². The summed E-state index contributed by atoms with van der Waals surface area (Å²) in [6.07, 6.45) is 0. The summed E-state index contributed by atoms with van der Waals surface area (Å²) in [4.78, 5) is 33.2. The van der Waals surface area contributed by atoms with Crippen LogP contribution in [-0.4, -0.2) is 23.0 Å². The summed E-state index contributed by atoms with van der Waals surface area (Å²) in [5.74, 6) is -3.28. The van der Waals surface area contributed by atoms with E-state index >= 15 is 0 Å². The van der Waals surface area contributed by atoms with Gasteiger partial charge >= 0.3 is 0 Å². The van der Waals surface area contributed by atoms with Gasteiger partial charge in [0.1, 0.15) is 17.4 Å². The van der Waals surface area contributed by atoms with Crippen LogP contribution in [0.3, 0.4) is 0 Å². The highest BCUT2D eigenvalue weighted by Gasteiger charge is 2.34. The van der Waals surface area contributed by atoms with E-state index in [1.54, 1.807) is 0 Å². The van der Waals surface area contributed by atoms with E-state index in [1.165, 1.54) is 26.0 Å². The molecule has 1 atom stereocenters. The molecular formula is C13H14FNO4. The van der Waals surface area contributed by atoms with Crippen LogP contribution in [0, 0.1) is 21.8 Å². The Labute approximate surface area is 109 Å². The van der Waals surface area contributed by atoms with Gasteiger partial charge in [0, 0.05) is 4.92 Å². The van der Waals surface area contributed by atoms with E-state index < -0.39 is 40.7 Å². The fraction of sp³-hybridized carbons (Fsp3) is 0.385. The van der Waals surface area contributed by atoms with E-state index in [1.807, 2.05) is 0 Å². The predicted octanol–water partition coefficient (Wildman–Crippen LogP) is 1.98. The van der Waals surface area contributed by atoms with Crippen molar-refractivity contribution < 1.29 is 18.9 Å². The lowest BCUT2D eigenvalue weighted by molar-refractivity contribution is -0.484. The van der Waals surface area contributed by atoms with Gasteiger partial charge in [0.25, 0.3) is 0 Å². The molecular weight excluding hydrogens is 253 g/mol. The van der Waals surface area contributed by atoms with Crippen LogP contribution in [0.2, 0.25) is 0 Å². The first-order chi connectivity index (χ1) is 8.82. The second-order valence-electron chi connectivity index (χ2n) is 4.37. The minimum Gasteiger partial charge on any atom is -0.299 e. The molecule has 0 saturated carbocycles. The molecule has 0 fully saturated rings. The maximum Gasteiger partial charge on any atom is 0.211 e. The number of nitro groups is 1. The topological polar surface area (TPSA) is 77.3 Å². The quantitative estimate of drug-likeness (QED) is 0.448. The number of Topliss-reactive ketones (excluding diaryl/α,β-unsaturated/α-hetero) is 2. The van der Waals surface area contributed by atoms with Crippen molar-refractivity contribution in [3.8, 4) is 0 Å². The molecule has 102 valence electrons. The number of halogens is 1. The molecule has 0 aliphatic heterocycles. The summed E-state index contributed by atoms with van der Waals surface area (Å²) in [6, 6.07) is 5.03. The van der Waals surface area contributed by atoms with Gasteiger partial charge in [-0.15, -0.1) is 0 Å². The monoisotopic (exact) mass is 267 g/mol. The van der Waals surface area contributed by atoms with E-state index in [0.29, 0.717) is 5.56 Å². The zero-order valence-corrected chi connectivity index (χ0v) is 10.6. The predicted molar refractivity (Wildman–Crippen MR) is 65.9 cm³/mol. The Morgan fingerprint density at radius 3 is 2.05 bits per heavy atom. The highest BCUT2D eigenvalue weighted by molar-refractivity contribution is 6.01. The second-order valence-corrected chi connectivity index (χ2v) is 4.37. The van der Waals surface area contributed by atoms with E-state index in [-0.39, 0.29) is 0 Å². The molecule has 5 nitrogen and oxygen atoms in total. The highest BCUT2D eigenvalue weighted by Crippen LogP contribution is 2.27. The number of ketones is 2.